The first-order valence-electron chi connectivity index (χ1n) is 9.43. The monoisotopic (exact) mass is 426 g/mol. The Labute approximate surface area is 174 Å². The minimum Gasteiger partial charge on any atom is -0.506 e. The van der Waals surface area contributed by atoms with Crippen LogP contribution in [0.3, 0.4) is 0 Å². The lowest BCUT2D eigenvalue weighted by molar-refractivity contribution is -0.137. The number of fused-ring (bicyclic) bond motifs is 1. The summed E-state index contributed by atoms with van der Waals surface area (Å²) in [7, 11) is 0. The van der Waals surface area contributed by atoms with Crippen molar-refractivity contribution >= 4 is 11.0 Å². The Morgan fingerprint density at radius 1 is 0.935 bits per heavy atom. The number of aromatic hydroxyl groups is 1. The third-order valence-corrected chi connectivity index (χ3v) is 5.07. The van der Waals surface area contributed by atoms with Crippen molar-refractivity contribution in [3.05, 3.63) is 93.9 Å². The summed E-state index contributed by atoms with van der Waals surface area (Å²) in [5.74, 6) is -0.291. The highest BCUT2D eigenvalue weighted by Gasteiger charge is 2.29. The molecule has 158 valence electrons. The fourth-order valence-electron chi connectivity index (χ4n) is 3.43. The van der Waals surface area contributed by atoms with Gasteiger partial charge in [0.05, 0.1) is 16.5 Å². The molecule has 0 unspecified atom stereocenters. The van der Waals surface area contributed by atoms with Crippen molar-refractivity contribution in [3.63, 3.8) is 0 Å². The zero-order valence-corrected chi connectivity index (χ0v) is 16.1. The predicted octanol–water partition coefficient (Wildman–Crippen LogP) is 4.81. The molecule has 5 nitrogen and oxygen atoms in total. The SMILES string of the molecule is O=c1c(-c2ccccc2)c(O)c2cc(CCc3ccc(C(F)(F)F)cc3)cnc2n1O. The van der Waals surface area contributed by atoms with E-state index in [-0.39, 0.29) is 22.3 Å². The Balaban J connectivity index is 1.67. The average Bonchev–Trinajstić information content (AvgIpc) is 2.76. The van der Waals surface area contributed by atoms with Gasteiger partial charge in [-0.2, -0.15) is 13.2 Å². The highest BCUT2D eigenvalue weighted by Crippen LogP contribution is 2.33. The first-order chi connectivity index (χ1) is 14.8. The minimum atomic E-state index is -4.38. The van der Waals surface area contributed by atoms with Crippen LogP contribution in [-0.2, 0) is 19.0 Å². The van der Waals surface area contributed by atoms with Crippen LogP contribution in [0.1, 0.15) is 16.7 Å². The maximum absolute atomic E-state index is 12.7. The zero-order chi connectivity index (χ0) is 22.2. The molecule has 0 aliphatic carbocycles. The maximum atomic E-state index is 12.7. The van der Waals surface area contributed by atoms with Crippen LogP contribution in [0.25, 0.3) is 22.2 Å². The molecule has 0 radical (unpaired) electrons. The smallest absolute Gasteiger partial charge is 0.416 e. The van der Waals surface area contributed by atoms with Gasteiger partial charge in [0.25, 0.3) is 5.56 Å². The number of hydrogen-bond donors (Lipinski definition) is 2. The lowest BCUT2D eigenvalue weighted by Gasteiger charge is -2.11. The number of halogens is 3. The van der Waals surface area contributed by atoms with Gasteiger partial charge in [0.15, 0.2) is 5.65 Å². The van der Waals surface area contributed by atoms with Gasteiger partial charge in [0, 0.05) is 6.20 Å². The number of aromatic nitrogens is 2. The molecule has 2 heterocycles. The van der Waals surface area contributed by atoms with E-state index >= 15 is 0 Å². The number of alkyl halides is 3. The van der Waals surface area contributed by atoms with E-state index in [0.29, 0.717) is 28.7 Å². The second-order valence-electron chi connectivity index (χ2n) is 7.12. The molecule has 0 saturated heterocycles. The van der Waals surface area contributed by atoms with Crippen LogP contribution in [0.15, 0.2) is 71.7 Å². The Bertz CT molecular complexity index is 1300. The summed E-state index contributed by atoms with van der Waals surface area (Å²) in [5, 5.41) is 21.2. The number of pyridine rings is 2. The van der Waals surface area contributed by atoms with E-state index in [0.717, 1.165) is 17.7 Å². The number of hydrogen-bond acceptors (Lipinski definition) is 4. The molecule has 2 N–H and O–H groups in total. The molecule has 31 heavy (non-hydrogen) atoms. The number of benzene rings is 2. The molecule has 0 amide bonds. The third kappa shape index (κ3) is 3.96. The molecule has 0 aliphatic heterocycles. The highest BCUT2D eigenvalue weighted by atomic mass is 19.4. The van der Waals surface area contributed by atoms with Crippen LogP contribution in [0.4, 0.5) is 13.2 Å². The molecule has 0 aliphatic rings. The molecule has 2 aromatic heterocycles. The van der Waals surface area contributed by atoms with E-state index in [9.17, 15) is 28.3 Å². The molecular weight excluding hydrogens is 409 g/mol. The van der Waals surface area contributed by atoms with Gasteiger partial charge in [-0.3, -0.25) is 4.79 Å². The molecule has 0 saturated carbocycles. The molecule has 8 heteroatoms. The Morgan fingerprint density at radius 2 is 1.58 bits per heavy atom. The molecule has 0 fully saturated rings. The van der Waals surface area contributed by atoms with E-state index in [2.05, 4.69) is 4.98 Å². The van der Waals surface area contributed by atoms with E-state index in [1.807, 2.05) is 0 Å². The van der Waals surface area contributed by atoms with Gasteiger partial charge in [-0.25, -0.2) is 4.98 Å². The second-order valence-corrected chi connectivity index (χ2v) is 7.12. The van der Waals surface area contributed by atoms with E-state index in [4.69, 9.17) is 0 Å². The summed E-state index contributed by atoms with van der Waals surface area (Å²) >= 11 is 0. The lowest BCUT2D eigenvalue weighted by atomic mass is 10.0. The van der Waals surface area contributed by atoms with Crippen LogP contribution in [-0.4, -0.2) is 20.0 Å². The van der Waals surface area contributed by atoms with Gasteiger partial charge in [-0.1, -0.05) is 42.5 Å². The molecule has 0 atom stereocenters. The predicted molar refractivity (Wildman–Crippen MR) is 109 cm³/mol. The Hall–Kier alpha value is -3.81. The Kier molecular flexibility index (Phi) is 5.14. The average molecular weight is 426 g/mol. The minimum absolute atomic E-state index is 0.0442. The molecule has 0 spiro atoms. The van der Waals surface area contributed by atoms with Crippen molar-refractivity contribution in [2.45, 2.75) is 19.0 Å². The summed E-state index contributed by atoms with van der Waals surface area (Å²) in [4.78, 5) is 16.6. The molecule has 0 bridgehead atoms. The summed E-state index contributed by atoms with van der Waals surface area (Å²) in [6.07, 6.45) is -2.02. The van der Waals surface area contributed by atoms with Gasteiger partial charge in [0.1, 0.15) is 5.75 Å². The quantitative estimate of drug-likeness (QED) is 0.459. The molecule has 4 rings (SSSR count). The van der Waals surface area contributed by atoms with Crippen molar-refractivity contribution < 1.29 is 23.5 Å². The van der Waals surface area contributed by atoms with Crippen LogP contribution in [0, 0.1) is 0 Å². The van der Waals surface area contributed by atoms with Crippen LogP contribution >= 0.6 is 0 Å². The summed E-state index contributed by atoms with van der Waals surface area (Å²) in [5.41, 5.74) is 0.237. The summed E-state index contributed by atoms with van der Waals surface area (Å²) in [6.45, 7) is 0. The van der Waals surface area contributed by atoms with Crippen LogP contribution in [0.2, 0.25) is 0 Å². The van der Waals surface area contributed by atoms with E-state index < -0.39 is 17.3 Å². The lowest BCUT2D eigenvalue weighted by Crippen LogP contribution is -2.21. The summed E-state index contributed by atoms with van der Waals surface area (Å²) < 4.78 is 38.5. The number of rotatable bonds is 4. The van der Waals surface area contributed by atoms with E-state index in [1.54, 1.807) is 36.4 Å². The van der Waals surface area contributed by atoms with Crippen molar-refractivity contribution in [2.24, 2.45) is 0 Å². The zero-order valence-electron chi connectivity index (χ0n) is 16.1. The highest BCUT2D eigenvalue weighted by molar-refractivity contribution is 5.90. The molecular formula is C23H17F3N2O3. The fourth-order valence-corrected chi connectivity index (χ4v) is 3.43. The van der Waals surface area contributed by atoms with Crippen LogP contribution < -0.4 is 5.56 Å². The van der Waals surface area contributed by atoms with Gasteiger partial charge in [-0.05, 0) is 47.7 Å². The van der Waals surface area contributed by atoms with Gasteiger partial charge < -0.3 is 10.3 Å². The van der Waals surface area contributed by atoms with Gasteiger partial charge in [-0.15, -0.1) is 4.73 Å². The third-order valence-electron chi connectivity index (χ3n) is 5.07. The fraction of sp³-hybridized carbons (Fsp3) is 0.130. The largest absolute Gasteiger partial charge is 0.506 e. The van der Waals surface area contributed by atoms with E-state index in [1.165, 1.54) is 18.3 Å². The van der Waals surface area contributed by atoms with Crippen molar-refractivity contribution in [3.8, 4) is 16.9 Å². The normalized spacial score (nSPS) is 11.7. The molecule has 4 aromatic rings. The maximum Gasteiger partial charge on any atom is 0.416 e. The molecule has 2 aromatic carbocycles. The van der Waals surface area contributed by atoms with Crippen molar-refractivity contribution in [2.75, 3.05) is 0 Å². The van der Waals surface area contributed by atoms with Gasteiger partial charge >= 0.3 is 6.18 Å². The van der Waals surface area contributed by atoms with Crippen LogP contribution in [0.5, 0.6) is 5.75 Å². The standard InChI is InChI=1S/C23H17F3N2O3/c24-23(25,26)17-10-8-14(9-11-17)6-7-15-12-18-20(29)19(16-4-2-1-3-5-16)22(30)28(31)21(18)27-13-15/h1-5,8-13,29,31H,6-7H2. The van der Waals surface area contributed by atoms with Crippen molar-refractivity contribution in [1.29, 1.82) is 0 Å². The van der Waals surface area contributed by atoms with Crippen molar-refractivity contribution in [1.82, 2.24) is 9.71 Å². The first kappa shape index (κ1) is 20.5. The number of aryl methyl sites for hydroxylation is 2. The first-order valence-corrected chi connectivity index (χ1v) is 9.43. The topological polar surface area (TPSA) is 75.3 Å². The second kappa shape index (κ2) is 7.79. The van der Waals surface area contributed by atoms with Gasteiger partial charge in [0.2, 0.25) is 0 Å². The Morgan fingerprint density at radius 3 is 2.23 bits per heavy atom. The number of nitrogens with zero attached hydrogens (tertiary/aromatic N) is 2. The summed E-state index contributed by atoms with van der Waals surface area (Å²) in [6, 6.07) is 15.0.